The topological polar surface area (TPSA) is 120 Å². The van der Waals surface area contributed by atoms with Gasteiger partial charge >= 0.3 is 5.97 Å². The van der Waals surface area contributed by atoms with Gasteiger partial charge in [0, 0.05) is 0 Å². The quantitative estimate of drug-likeness (QED) is 0.668. The van der Waals surface area contributed by atoms with Gasteiger partial charge in [-0.25, -0.2) is 19.4 Å². The van der Waals surface area contributed by atoms with Crippen molar-refractivity contribution < 1.29 is 9.90 Å². The third-order valence-corrected chi connectivity index (χ3v) is 1.69. The van der Waals surface area contributed by atoms with Gasteiger partial charge in [0.15, 0.2) is 11.5 Å². The standard InChI is InChI=1S/C7H6N6O2/c8-6-5(7(14)15)13(12-11-6)4-1-9-3-10-2-4/h1-3H,8H2,(H,14,15). The minimum absolute atomic E-state index is 0.147. The van der Waals surface area contributed by atoms with Gasteiger partial charge < -0.3 is 10.8 Å². The lowest BCUT2D eigenvalue weighted by atomic mass is 10.4. The van der Waals surface area contributed by atoms with Crippen LogP contribution in [0.3, 0.4) is 0 Å². The number of rotatable bonds is 2. The Labute approximate surface area is 83.4 Å². The van der Waals surface area contributed by atoms with Gasteiger partial charge in [0.05, 0.1) is 12.4 Å². The zero-order chi connectivity index (χ0) is 10.8. The van der Waals surface area contributed by atoms with E-state index in [-0.39, 0.29) is 11.5 Å². The van der Waals surface area contributed by atoms with Crippen molar-refractivity contribution in [2.24, 2.45) is 0 Å². The smallest absolute Gasteiger partial charge is 0.358 e. The molecule has 0 aliphatic carbocycles. The third-order valence-electron chi connectivity index (χ3n) is 1.69. The molecule has 0 radical (unpaired) electrons. The van der Waals surface area contributed by atoms with Crippen LogP contribution >= 0.6 is 0 Å². The Kier molecular flexibility index (Phi) is 2.01. The molecule has 0 saturated heterocycles. The van der Waals surface area contributed by atoms with Crippen LogP contribution in [0.25, 0.3) is 5.69 Å². The maximum absolute atomic E-state index is 10.9. The summed E-state index contributed by atoms with van der Waals surface area (Å²) < 4.78 is 1.07. The van der Waals surface area contributed by atoms with E-state index in [1.54, 1.807) is 0 Å². The van der Waals surface area contributed by atoms with Gasteiger partial charge in [-0.15, -0.1) is 5.10 Å². The number of nitrogens with two attached hydrogens (primary N) is 1. The van der Waals surface area contributed by atoms with Gasteiger partial charge in [0.25, 0.3) is 0 Å². The van der Waals surface area contributed by atoms with Crippen LogP contribution in [0.2, 0.25) is 0 Å². The molecule has 3 N–H and O–H groups in total. The maximum Gasteiger partial charge on any atom is 0.358 e. The van der Waals surface area contributed by atoms with Gasteiger partial charge in [-0.05, 0) is 0 Å². The Hall–Kier alpha value is -2.51. The number of aromatic carboxylic acids is 1. The Balaban J connectivity index is 2.59. The van der Waals surface area contributed by atoms with E-state index in [9.17, 15) is 4.79 Å². The Morgan fingerprint density at radius 3 is 2.67 bits per heavy atom. The minimum Gasteiger partial charge on any atom is -0.476 e. The first-order valence-electron chi connectivity index (χ1n) is 3.90. The lowest BCUT2D eigenvalue weighted by Gasteiger charge is -2.00. The van der Waals surface area contributed by atoms with Crippen molar-refractivity contribution in [3.8, 4) is 5.69 Å². The fourth-order valence-electron chi connectivity index (χ4n) is 1.07. The van der Waals surface area contributed by atoms with Crippen LogP contribution in [0.4, 0.5) is 5.82 Å². The summed E-state index contributed by atoms with van der Waals surface area (Å²) in [4.78, 5) is 18.3. The van der Waals surface area contributed by atoms with Crippen LogP contribution in [0.5, 0.6) is 0 Å². The first-order chi connectivity index (χ1) is 7.20. The average Bonchev–Trinajstić information content (AvgIpc) is 2.61. The van der Waals surface area contributed by atoms with Crippen LogP contribution < -0.4 is 5.73 Å². The summed E-state index contributed by atoms with van der Waals surface area (Å²) in [6.45, 7) is 0. The molecule has 8 nitrogen and oxygen atoms in total. The molecule has 0 amide bonds. The summed E-state index contributed by atoms with van der Waals surface area (Å²) in [6, 6.07) is 0. The summed E-state index contributed by atoms with van der Waals surface area (Å²) >= 11 is 0. The number of aromatic nitrogens is 5. The molecule has 2 rings (SSSR count). The van der Waals surface area contributed by atoms with Gasteiger partial charge in [0.1, 0.15) is 12.0 Å². The van der Waals surface area contributed by atoms with Crippen molar-refractivity contribution in [1.82, 2.24) is 25.0 Å². The molecule has 0 atom stereocenters. The molecule has 2 aromatic heterocycles. The van der Waals surface area contributed by atoms with Crippen LogP contribution in [-0.4, -0.2) is 36.0 Å². The van der Waals surface area contributed by atoms with E-state index < -0.39 is 5.97 Å². The number of carboxylic acid groups (broad SMARTS) is 1. The van der Waals surface area contributed by atoms with Crippen molar-refractivity contribution in [2.45, 2.75) is 0 Å². The highest BCUT2D eigenvalue weighted by Crippen LogP contribution is 2.12. The number of nitrogens with zero attached hydrogens (tertiary/aromatic N) is 5. The van der Waals surface area contributed by atoms with Crippen molar-refractivity contribution in [3.05, 3.63) is 24.4 Å². The van der Waals surface area contributed by atoms with E-state index in [0.717, 1.165) is 4.68 Å². The summed E-state index contributed by atoms with van der Waals surface area (Å²) in [6.07, 6.45) is 4.14. The highest BCUT2D eigenvalue weighted by atomic mass is 16.4. The first kappa shape index (κ1) is 9.06. The number of hydrogen-bond donors (Lipinski definition) is 2. The first-order valence-corrected chi connectivity index (χ1v) is 3.90. The molecule has 0 fully saturated rings. The summed E-state index contributed by atoms with van der Waals surface area (Å²) in [7, 11) is 0. The lowest BCUT2D eigenvalue weighted by Crippen LogP contribution is -2.10. The number of anilines is 1. The molecule has 2 heterocycles. The predicted octanol–water partition coefficient (Wildman–Crippen LogP) is -0.662. The minimum atomic E-state index is -1.21. The Morgan fingerprint density at radius 2 is 2.07 bits per heavy atom. The van der Waals surface area contributed by atoms with E-state index in [0.29, 0.717) is 5.69 Å². The predicted molar refractivity (Wildman–Crippen MR) is 48.3 cm³/mol. The SMILES string of the molecule is Nc1nnn(-c2cncnc2)c1C(=O)O. The van der Waals surface area contributed by atoms with Gasteiger partial charge in [-0.3, -0.25) is 0 Å². The van der Waals surface area contributed by atoms with Crippen molar-refractivity contribution in [2.75, 3.05) is 5.73 Å². The number of carbonyl (C=O) groups is 1. The lowest BCUT2D eigenvalue weighted by molar-refractivity contribution is 0.0688. The molecular weight excluding hydrogens is 200 g/mol. The van der Waals surface area contributed by atoms with Crippen molar-refractivity contribution >= 4 is 11.8 Å². The molecule has 76 valence electrons. The Bertz CT molecular complexity index is 493. The average molecular weight is 206 g/mol. The Morgan fingerprint density at radius 1 is 1.40 bits per heavy atom. The molecule has 0 aliphatic rings. The second-order valence-electron chi connectivity index (χ2n) is 2.64. The zero-order valence-electron chi connectivity index (χ0n) is 7.40. The van der Waals surface area contributed by atoms with E-state index in [4.69, 9.17) is 10.8 Å². The van der Waals surface area contributed by atoms with Gasteiger partial charge in [0.2, 0.25) is 0 Å². The molecule has 0 spiro atoms. The molecule has 8 heteroatoms. The highest BCUT2D eigenvalue weighted by molar-refractivity contribution is 5.91. The summed E-state index contributed by atoms with van der Waals surface area (Å²) in [5.74, 6) is -1.35. The van der Waals surface area contributed by atoms with Crippen LogP contribution in [0, 0.1) is 0 Å². The van der Waals surface area contributed by atoms with Crippen molar-refractivity contribution in [1.29, 1.82) is 0 Å². The van der Waals surface area contributed by atoms with E-state index in [1.807, 2.05) is 0 Å². The number of nitrogen functional groups attached to an aromatic ring is 1. The highest BCUT2D eigenvalue weighted by Gasteiger charge is 2.18. The molecule has 0 aromatic carbocycles. The third kappa shape index (κ3) is 1.47. The second-order valence-corrected chi connectivity index (χ2v) is 2.64. The molecule has 2 aromatic rings. The fourth-order valence-corrected chi connectivity index (χ4v) is 1.07. The fraction of sp³-hybridized carbons (Fsp3) is 0. The number of carboxylic acids is 1. The molecule has 0 bridgehead atoms. The molecule has 0 saturated carbocycles. The van der Waals surface area contributed by atoms with E-state index in [1.165, 1.54) is 18.7 Å². The van der Waals surface area contributed by atoms with Gasteiger partial charge in [-0.1, -0.05) is 5.21 Å². The van der Waals surface area contributed by atoms with E-state index in [2.05, 4.69) is 20.3 Å². The monoisotopic (exact) mass is 206 g/mol. The second kappa shape index (κ2) is 3.33. The zero-order valence-corrected chi connectivity index (χ0v) is 7.40. The maximum atomic E-state index is 10.9. The van der Waals surface area contributed by atoms with Gasteiger partial charge in [-0.2, -0.15) is 0 Å². The summed E-state index contributed by atoms with van der Waals surface area (Å²) in [5, 5.41) is 15.9. The molecule has 0 aliphatic heterocycles. The van der Waals surface area contributed by atoms with Crippen LogP contribution in [0.15, 0.2) is 18.7 Å². The largest absolute Gasteiger partial charge is 0.476 e. The van der Waals surface area contributed by atoms with E-state index >= 15 is 0 Å². The molecule has 0 unspecified atom stereocenters. The van der Waals surface area contributed by atoms with Crippen LogP contribution in [0.1, 0.15) is 10.5 Å². The normalized spacial score (nSPS) is 10.1. The van der Waals surface area contributed by atoms with Crippen molar-refractivity contribution in [3.63, 3.8) is 0 Å². The number of hydrogen-bond acceptors (Lipinski definition) is 6. The molecular formula is C7H6N6O2. The molecule has 15 heavy (non-hydrogen) atoms. The summed E-state index contributed by atoms with van der Waals surface area (Å²) in [5.41, 5.74) is 5.55. The van der Waals surface area contributed by atoms with Crippen LogP contribution in [-0.2, 0) is 0 Å².